The maximum atomic E-state index is 11.8. The monoisotopic (exact) mass is 369 g/mol. The summed E-state index contributed by atoms with van der Waals surface area (Å²) in [6.45, 7) is 3.74. The van der Waals surface area contributed by atoms with Gasteiger partial charge in [-0.15, -0.1) is 0 Å². The van der Waals surface area contributed by atoms with Crippen LogP contribution in [0.25, 0.3) is 11.0 Å². The van der Waals surface area contributed by atoms with E-state index in [1.807, 2.05) is 32.2 Å². The van der Waals surface area contributed by atoms with Crippen molar-refractivity contribution in [3.8, 4) is 17.2 Å². The highest BCUT2D eigenvalue weighted by molar-refractivity contribution is 5.81. The van der Waals surface area contributed by atoms with Crippen molar-refractivity contribution in [2.24, 2.45) is 0 Å². The van der Waals surface area contributed by atoms with Gasteiger partial charge in [0.15, 0.2) is 11.5 Å². The molecule has 0 atom stereocenters. The molecule has 3 aromatic rings. The van der Waals surface area contributed by atoms with Crippen LogP contribution in [-0.2, 0) is 13.1 Å². The van der Waals surface area contributed by atoms with E-state index < -0.39 is 5.63 Å². The van der Waals surface area contributed by atoms with Crippen LogP contribution in [0.5, 0.6) is 17.2 Å². The lowest BCUT2D eigenvalue weighted by molar-refractivity contribution is 0.305. The molecule has 0 amide bonds. The summed E-state index contributed by atoms with van der Waals surface area (Å²) in [4.78, 5) is 13.9. The van der Waals surface area contributed by atoms with Crippen LogP contribution in [0.15, 0.2) is 51.7 Å². The average Bonchev–Trinajstić information content (AvgIpc) is 2.62. The zero-order valence-electron chi connectivity index (χ0n) is 15.7. The first-order chi connectivity index (χ1) is 13.0. The summed E-state index contributed by atoms with van der Waals surface area (Å²) >= 11 is 0. The van der Waals surface area contributed by atoms with E-state index in [1.165, 1.54) is 12.1 Å². The highest BCUT2D eigenvalue weighted by Gasteiger charge is 2.11. The number of fused-ring (bicyclic) bond motifs is 1. The molecule has 27 heavy (non-hydrogen) atoms. The predicted molar refractivity (Wildman–Crippen MR) is 103 cm³/mol. The Labute approximate surface area is 157 Å². The third-order valence-electron chi connectivity index (χ3n) is 4.23. The predicted octanol–water partition coefficient (Wildman–Crippen LogP) is 3.54. The fourth-order valence-corrected chi connectivity index (χ4v) is 3.09. The lowest BCUT2D eigenvalue weighted by atomic mass is 10.1. The van der Waals surface area contributed by atoms with E-state index in [4.69, 9.17) is 13.9 Å². The Morgan fingerprint density at radius 3 is 2.63 bits per heavy atom. The van der Waals surface area contributed by atoms with Crippen molar-refractivity contribution in [3.05, 3.63) is 64.0 Å². The molecule has 3 rings (SSSR count). The topological polar surface area (TPSA) is 72.1 Å². The van der Waals surface area contributed by atoms with Crippen molar-refractivity contribution in [3.63, 3.8) is 0 Å². The molecule has 142 valence electrons. The van der Waals surface area contributed by atoms with Crippen molar-refractivity contribution >= 4 is 11.0 Å². The highest BCUT2D eigenvalue weighted by atomic mass is 16.5. The number of nitrogens with zero attached hydrogens (tertiary/aromatic N) is 1. The SMILES string of the molecule is CCOc1ccc(CN(C)Cc2cc(=O)oc3cc(O)ccc23)cc1OC. The van der Waals surface area contributed by atoms with E-state index in [1.54, 1.807) is 19.2 Å². The lowest BCUT2D eigenvalue weighted by Crippen LogP contribution is -2.18. The molecule has 0 bridgehead atoms. The molecule has 0 aliphatic carbocycles. The van der Waals surface area contributed by atoms with Gasteiger partial charge < -0.3 is 19.0 Å². The summed E-state index contributed by atoms with van der Waals surface area (Å²) < 4.78 is 16.1. The van der Waals surface area contributed by atoms with Crippen LogP contribution in [0.1, 0.15) is 18.1 Å². The van der Waals surface area contributed by atoms with E-state index in [2.05, 4.69) is 4.90 Å². The van der Waals surface area contributed by atoms with Gasteiger partial charge in [0.1, 0.15) is 11.3 Å². The van der Waals surface area contributed by atoms with Gasteiger partial charge >= 0.3 is 5.63 Å². The number of aromatic hydroxyl groups is 1. The second kappa shape index (κ2) is 8.14. The van der Waals surface area contributed by atoms with E-state index in [0.29, 0.717) is 31.0 Å². The number of ether oxygens (including phenoxy) is 2. The zero-order chi connectivity index (χ0) is 19.4. The molecule has 1 N–H and O–H groups in total. The number of methoxy groups -OCH3 is 1. The molecule has 2 aromatic carbocycles. The maximum absolute atomic E-state index is 11.8. The molecule has 0 aliphatic heterocycles. The Bertz CT molecular complexity index is 996. The van der Waals surface area contributed by atoms with Crippen molar-refractivity contribution < 1.29 is 19.0 Å². The van der Waals surface area contributed by atoms with Crippen LogP contribution < -0.4 is 15.1 Å². The van der Waals surface area contributed by atoms with E-state index in [0.717, 1.165) is 22.3 Å². The van der Waals surface area contributed by atoms with Gasteiger partial charge in [-0.2, -0.15) is 0 Å². The minimum absolute atomic E-state index is 0.0673. The fourth-order valence-electron chi connectivity index (χ4n) is 3.09. The molecule has 0 unspecified atom stereocenters. The molecule has 6 nitrogen and oxygen atoms in total. The zero-order valence-corrected chi connectivity index (χ0v) is 15.7. The third kappa shape index (κ3) is 4.41. The molecular formula is C21H23NO5. The van der Waals surface area contributed by atoms with Gasteiger partial charge in [0.25, 0.3) is 0 Å². The van der Waals surface area contributed by atoms with Crippen LogP contribution >= 0.6 is 0 Å². The van der Waals surface area contributed by atoms with Crippen molar-refractivity contribution in [2.75, 3.05) is 20.8 Å². The summed E-state index contributed by atoms with van der Waals surface area (Å²) in [5, 5.41) is 10.4. The first-order valence-corrected chi connectivity index (χ1v) is 8.74. The Morgan fingerprint density at radius 1 is 1.07 bits per heavy atom. The fraction of sp³-hybridized carbons (Fsp3) is 0.286. The average molecular weight is 369 g/mol. The number of hydrogen-bond donors (Lipinski definition) is 1. The van der Waals surface area contributed by atoms with Gasteiger partial charge in [-0.1, -0.05) is 6.07 Å². The minimum atomic E-state index is -0.431. The maximum Gasteiger partial charge on any atom is 0.336 e. The number of phenols is 1. The largest absolute Gasteiger partial charge is 0.508 e. The van der Waals surface area contributed by atoms with E-state index in [-0.39, 0.29) is 5.75 Å². The molecule has 0 fully saturated rings. The molecule has 6 heteroatoms. The Morgan fingerprint density at radius 2 is 1.89 bits per heavy atom. The summed E-state index contributed by atoms with van der Waals surface area (Å²) in [6.07, 6.45) is 0. The quantitative estimate of drug-likeness (QED) is 0.642. The van der Waals surface area contributed by atoms with Gasteiger partial charge in [0.05, 0.1) is 13.7 Å². The number of phenolic OH excluding ortho intramolecular Hbond substituents is 1. The first kappa shape index (κ1) is 18.8. The number of benzene rings is 2. The summed E-state index contributed by atoms with van der Waals surface area (Å²) in [5.41, 5.74) is 1.87. The van der Waals surface area contributed by atoms with E-state index in [9.17, 15) is 9.90 Å². The van der Waals surface area contributed by atoms with Crippen LogP contribution in [-0.4, -0.2) is 30.8 Å². The standard InChI is InChI=1S/C21H23NO5/c1-4-26-18-8-5-14(9-20(18)25-3)12-22(2)13-15-10-21(24)27-19-11-16(23)6-7-17(15)19/h5-11,23H,4,12-13H2,1-3H3. The smallest absolute Gasteiger partial charge is 0.336 e. The third-order valence-corrected chi connectivity index (χ3v) is 4.23. The Kier molecular flexibility index (Phi) is 5.66. The van der Waals surface area contributed by atoms with Crippen molar-refractivity contribution in [1.82, 2.24) is 4.90 Å². The van der Waals surface area contributed by atoms with Gasteiger partial charge in [-0.05, 0) is 49.4 Å². The molecule has 0 spiro atoms. The molecule has 0 aliphatic rings. The molecular weight excluding hydrogens is 346 g/mol. The Balaban J connectivity index is 1.81. The molecule has 1 heterocycles. The highest BCUT2D eigenvalue weighted by Crippen LogP contribution is 2.29. The second-order valence-electron chi connectivity index (χ2n) is 6.36. The lowest BCUT2D eigenvalue weighted by Gasteiger charge is -2.19. The van der Waals surface area contributed by atoms with Crippen LogP contribution in [0, 0.1) is 0 Å². The van der Waals surface area contributed by atoms with Crippen LogP contribution in [0.3, 0.4) is 0 Å². The molecule has 0 radical (unpaired) electrons. The van der Waals surface area contributed by atoms with Crippen LogP contribution in [0.2, 0.25) is 0 Å². The van der Waals surface area contributed by atoms with Gasteiger partial charge in [-0.25, -0.2) is 4.79 Å². The normalized spacial score (nSPS) is 11.1. The second-order valence-corrected chi connectivity index (χ2v) is 6.36. The summed E-state index contributed by atoms with van der Waals surface area (Å²) in [7, 11) is 3.60. The number of rotatable bonds is 7. The molecule has 0 saturated carbocycles. The van der Waals surface area contributed by atoms with Crippen LogP contribution in [0.4, 0.5) is 0 Å². The molecule has 0 saturated heterocycles. The molecule has 1 aromatic heterocycles. The first-order valence-electron chi connectivity index (χ1n) is 8.74. The number of hydrogen-bond acceptors (Lipinski definition) is 6. The van der Waals surface area contributed by atoms with Gasteiger partial charge in [-0.3, -0.25) is 4.90 Å². The summed E-state index contributed by atoms with van der Waals surface area (Å²) in [5.74, 6) is 1.49. The van der Waals surface area contributed by atoms with Crippen molar-refractivity contribution in [1.29, 1.82) is 0 Å². The van der Waals surface area contributed by atoms with E-state index >= 15 is 0 Å². The minimum Gasteiger partial charge on any atom is -0.508 e. The summed E-state index contributed by atoms with van der Waals surface area (Å²) in [6, 6.07) is 12.2. The Hall–Kier alpha value is -2.99. The van der Waals surface area contributed by atoms with Gasteiger partial charge in [0.2, 0.25) is 0 Å². The van der Waals surface area contributed by atoms with Gasteiger partial charge in [0, 0.05) is 30.6 Å². The van der Waals surface area contributed by atoms with Crippen molar-refractivity contribution in [2.45, 2.75) is 20.0 Å².